The van der Waals surface area contributed by atoms with Gasteiger partial charge in [-0.15, -0.1) is 0 Å². The van der Waals surface area contributed by atoms with Crippen LogP contribution in [0.5, 0.6) is 0 Å². The third kappa shape index (κ3) is 2.44. The standard InChI is InChI=1S/C10H20N2O/c1-7-5-6-12(4)8(2)10(7)11-9(3)13/h7-8,10H,5-6H2,1-4H3,(H,11,13). The largest absolute Gasteiger partial charge is 0.352 e. The first-order chi connectivity index (χ1) is 6.02. The lowest BCUT2D eigenvalue weighted by Crippen LogP contribution is -2.55. The minimum atomic E-state index is 0.0824. The van der Waals surface area contributed by atoms with Crippen molar-refractivity contribution in [2.24, 2.45) is 5.92 Å². The van der Waals surface area contributed by atoms with Crippen LogP contribution in [-0.2, 0) is 4.79 Å². The number of nitrogens with zero attached hydrogens (tertiary/aromatic N) is 1. The third-order valence-corrected chi connectivity index (χ3v) is 3.14. The molecule has 13 heavy (non-hydrogen) atoms. The van der Waals surface area contributed by atoms with Crippen molar-refractivity contribution in [2.75, 3.05) is 13.6 Å². The normalized spacial score (nSPS) is 35.8. The first-order valence-corrected chi connectivity index (χ1v) is 4.99. The summed E-state index contributed by atoms with van der Waals surface area (Å²) in [5.74, 6) is 0.675. The number of piperidine rings is 1. The van der Waals surface area contributed by atoms with Crippen LogP contribution in [0.25, 0.3) is 0 Å². The molecular formula is C10H20N2O. The van der Waals surface area contributed by atoms with Gasteiger partial charge in [0.05, 0.1) is 0 Å². The average molecular weight is 184 g/mol. The SMILES string of the molecule is CC(=O)NC1C(C)CCN(C)C1C. The second-order valence-electron chi connectivity index (χ2n) is 4.21. The Labute approximate surface area is 80.5 Å². The van der Waals surface area contributed by atoms with Crippen LogP contribution in [0.4, 0.5) is 0 Å². The maximum Gasteiger partial charge on any atom is 0.217 e. The number of hydrogen-bond donors (Lipinski definition) is 1. The van der Waals surface area contributed by atoms with Gasteiger partial charge in [0, 0.05) is 19.0 Å². The predicted octanol–water partition coefficient (Wildman–Crippen LogP) is 0.851. The van der Waals surface area contributed by atoms with E-state index in [1.807, 2.05) is 0 Å². The van der Waals surface area contributed by atoms with Crippen molar-refractivity contribution < 1.29 is 4.79 Å². The number of carbonyl (C=O) groups is 1. The molecule has 1 aliphatic heterocycles. The fourth-order valence-corrected chi connectivity index (χ4v) is 2.04. The van der Waals surface area contributed by atoms with Crippen molar-refractivity contribution >= 4 is 5.91 Å². The van der Waals surface area contributed by atoms with E-state index in [4.69, 9.17) is 0 Å². The quantitative estimate of drug-likeness (QED) is 0.655. The molecule has 1 fully saturated rings. The Bertz CT molecular complexity index is 193. The molecule has 1 rings (SSSR count). The summed E-state index contributed by atoms with van der Waals surface area (Å²) < 4.78 is 0. The molecule has 1 N–H and O–H groups in total. The van der Waals surface area contributed by atoms with Gasteiger partial charge in [-0.25, -0.2) is 0 Å². The van der Waals surface area contributed by atoms with E-state index in [2.05, 4.69) is 31.1 Å². The minimum absolute atomic E-state index is 0.0824. The number of nitrogens with one attached hydrogen (secondary N) is 1. The molecule has 0 aromatic carbocycles. The van der Waals surface area contributed by atoms with Crippen molar-refractivity contribution in [1.82, 2.24) is 10.2 Å². The van der Waals surface area contributed by atoms with E-state index in [0.717, 1.165) is 6.54 Å². The van der Waals surface area contributed by atoms with Crippen LogP contribution in [-0.4, -0.2) is 36.5 Å². The van der Waals surface area contributed by atoms with E-state index in [9.17, 15) is 4.79 Å². The molecule has 1 amide bonds. The van der Waals surface area contributed by atoms with Crippen LogP contribution < -0.4 is 5.32 Å². The molecule has 0 aromatic rings. The van der Waals surface area contributed by atoms with Crippen LogP contribution in [0.1, 0.15) is 27.2 Å². The summed E-state index contributed by atoms with van der Waals surface area (Å²) in [4.78, 5) is 13.3. The van der Waals surface area contributed by atoms with Crippen LogP contribution in [0.15, 0.2) is 0 Å². The number of likely N-dealkylation sites (N-methyl/N-ethyl adjacent to an activating group) is 1. The highest BCUT2D eigenvalue weighted by Crippen LogP contribution is 2.21. The molecular weight excluding hydrogens is 164 g/mol. The molecule has 3 nitrogen and oxygen atoms in total. The number of hydrogen-bond acceptors (Lipinski definition) is 2. The van der Waals surface area contributed by atoms with Gasteiger partial charge in [-0.2, -0.15) is 0 Å². The molecule has 0 radical (unpaired) electrons. The summed E-state index contributed by atoms with van der Waals surface area (Å²) in [6, 6.07) is 0.767. The molecule has 76 valence electrons. The summed E-state index contributed by atoms with van der Waals surface area (Å²) >= 11 is 0. The van der Waals surface area contributed by atoms with E-state index >= 15 is 0 Å². The fraction of sp³-hybridized carbons (Fsp3) is 0.900. The van der Waals surface area contributed by atoms with Crippen molar-refractivity contribution in [2.45, 2.75) is 39.3 Å². The molecule has 3 unspecified atom stereocenters. The molecule has 3 heteroatoms. The van der Waals surface area contributed by atoms with E-state index in [-0.39, 0.29) is 5.91 Å². The van der Waals surface area contributed by atoms with Gasteiger partial charge in [0.1, 0.15) is 0 Å². The second-order valence-corrected chi connectivity index (χ2v) is 4.21. The fourth-order valence-electron chi connectivity index (χ4n) is 2.04. The number of rotatable bonds is 1. The monoisotopic (exact) mass is 184 g/mol. The molecule has 1 heterocycles. The Morgan fingerprint density at radius 2 is 2.08 bits per heavy atom. The molecule has 0 bridgehead atoms. The highest BCUT2D eigenvalue weighted by Gasteiger charge is 2.31. The lowest BCUT2D eigenvalue weighted by atomic mass is 9.88. The summed E-state index contributed by atoms with van der Waals surface area (Å²) in [6.45, 7) is 7.12. The van der Waals surface area contributed by atoms with Crippen LogP contribution in [0.2, 0.25) is 0 Å². The van der Waals surface area contributed by atoms with Crippen molar-refractivity contribution in [3.63, 3.8) is 0 Å². The minimum Gasteiger partial charge on any atom is -0.352 e. The van der Waals surface area contributed by atoms with Crippen molar-refractivity contribution in [3.05, 3.63) is 0 Å². The Kier molecular flexibility index (Phi) is 3.31. The molecule has 1 saturated heterocycles. The van der Waals surface area contributed by atoms with Gasteiger partial charge in [0.15, 0.2) is 0 Å². The van der Waals surface area contributed by atoms with Gasteiger partial charge < -0.3 is 10.2 Å². The van der Waals surface area contributed by atoms with Gasteiger partial charge in [0.25, 0.3) is 0 Å². The predicted molar refractivity (Wildman–Crippen MR) is 53.5 cm³/mol. The molecule has 0 saturated carbocycles. The summed E-state index contributed by atoms with van der Waals surface area (Å²) in [5.41, 5.74) is 0. The molecule has 1 aliphatic rings. The molecule has 0 aromatic heterocycles. The highest BCUT2D eigenvalue weighted by molar-refractivity contribution is 5.73. The smallest absolute Gasteiger partial charge is 0.217 e. The lowest BCUT2D eigenvalue weighted by Gasteiger charge is -2.41. The first-order valence-electron chi connectivity index (χ1n) is 4.99. The molecule has 0 aliphatic carbocycles. The van der Waals surface area contributed by atoms with Crippen LogP contribution in [0, 0.1) is 5.92 Å². The summed E-state index contributed by atoms with van der Waals surface area (Å²) in [7, 11) is 2.12. The zero-order chi connectivity index (χ0) is 10.0. The zero-order valence-corrected chi connectivity index (χ0v) is 9.00. The molecule has 0 spiro atoms. The van der Waals surface area contributed by atoms with Gasteiger partial charge in [-0.05, 0) is 32.9 Å². The van der Waals surface area contributed by atoms with Crippen LogP contribution >= 0.6 is 0 Å². The van der Waals surface area contributed by atoms with Gasteiger partial charge in [-0.1, -0.05) is 6.92 Å². The third-order valence-electron chi connectivity index (χ3n) is 3.14. The maximum absolute atomic E-state index is 11.0. The Morgan fingerprint density at radius 3 is 2.62 bits per heavy atom. The van der Waals surface area contributed by atoms with Gasteiger partial charge in [0.2, 0.25) is 5.91 Å². The van der Waals surface area contributed by atoms with E-state index in [1.54, 1.807) is 6.92 Å². The molecule has 3 atom stereocenters. The topological polar surface area (TPSA) is 32.3 Å². The lowest BCUT2D eigenvalue weighted by molar-refractivity contribution is -0.120. The van der Waals surface area contributed by atoms with Gasteiger partial charge in [-0.3, -0.25) is 4.79 Å². The second kappa shape index (κ2) is 4.09. The summed E-state index contributed by atoms with van der Waals surface area (Å²) in [6.07, 6.45) is 1.17. The Hall–Kier alpha value is -0.570. The van der Waals surface area contributed by atoms with E-state index in [1.165, 1.54) is 6.42 Å². The maximum atomic E-state index is 11.0. The number of carbonyl (C=O) groups excluding carboxylic acids is 1. The first kappa shape index (κ1) is 10.5. The van der Waals surface area contributed by atoms with Gasteiger partial charge >= 0.3 is 0 Å². The highest BCUT2D eigenvalue weighted by atomic mass is 16.1. The Morgan fingerprint density at radius 1 is 1.46 bits per heavy atom. The van der Waals surface area contributed by atoms with E-state index < -0.39 is 0 Å². The zero-order valence-electron chi connectivity index (χ0n) is 9.00. The summed E-state index contributed by atoms with van der Waals surface area (Å²) in [5, 5.41) is 3.03. The number of amides is 1. The Balaban J connectivity index is 2.60. The number of likely N-dealkylation sites (tertiary alicyclic amines) is 1. The average Bonchev–Trinajstić information content (AvgIpc) is 2.05. The van der Waals surface area contributed by atoms with Crippen LogP contribution in [0.3, 0.4) is 0 Å². The van der Waals surface area contributed by atoms with Crippen molar-refractivity contribution in [3.8, 4) is 0 Å². The van der Waals surface area contributed by atoms with Crippen molar-refractivity contribution in [1.29, 1.82) is 0 Å². The van der Waals surface area contributed by atoms with E-state index in [0.29, 0.717) is 18.0 Å².